The predicted molar refractivity (Wildman–Crippen MR) is 201 cm³/mol. The molecule has 0 amide bonds. The van der Waals surface area contributed by atoms with Crippen molar-refractivity contribution in [3.05, 3.63) is 36.5 Å². The van der Waals surface area contributed by atoms with E-state index >= 15 is 0 Å². The fourth-order valence-corrected chi connectivity index (χ4v) is 9.11. The number of fused-ring (bicyclic) bond motifs is 2. The smallest absolute Gasteiger partial charge is 0.333 e. The van der Waals surface area contributed by atoms with Crippen LogP contribution in [0, 0.1) is 47.3 Å². The van der Waals surface area contributed by atoms with Crippen LogP contribution in [0.15, 0.2) is 36.5 Å². The molecule has 0 N–H and O–H groups in total. The van der Waals surface area contributed by atoms with Gasteiger partial charge in [0.15, 0.2) is 0 Å². The number of hydrogen-bond acceptors (Lipinski definition) is 6. The first-order chi connectivity index (χ1) is 22.9. The third-order valence-corrected chi connectivity index (χ3v) is 11.6. The van der Waals surface area contributed by atoms with Crippen LogP contribution < -0.4 is 0 Å². The Bertz CT molecular complexity index is 1140. The van der Waals surface area contributed by atoms with Crippen molar-refractivity contribution >= 4 is 17.9 Å². The number of ether oxygens (including phenoxy) is 3. The van der Waals surface area contributed by atoms with Crippen LogP contribution in [0.1, 0.15) is 154 Å². The second-order valence-corrected chi connectivity index (χ2v) is 16.7. The maximum Gasteiger partial charge on any atom is 0.333 e. The Morgan fingerprint density at radius 1 is 0.694 bits per heavy atom. The van der Waals surface area contributed by atoms with Crippen molar-refractivity contribution in [2.45, 2.75) is 171 Å². The molecule has 6 heteroatoms. The Labute approximate surface area is 300 Å². The summed E-state index contributed by atoms with van der Waals surface area (Å²) in [7, 11) is 0. The third kappa shape index (κ3) is 11.3. The molecule has 4 unspecified atom stereocenters. The fraction of sp³-hybridized carbons (Fsp3) is 0.791. The van der Waals surface area contributed by atoms with Crippen molar-refractivity contribution < 1.29 is 28.6 Å². The van der Waals surface area contributed by atoms with E-state index in [1.165, 1.54) is 51.4 Å². The lowest BCUT2D eigenvalue weighted by Gasteiger charge is -2.59. The quantitative estimate of drug-likeness (QED) is 0.124. The molecule has 0 heterocycles. The molecule has 7 rings (SSSR count). The van der Waals surface area contributed by atoms with Crippen LogP contribution in [-0.4, -0.2) is 34.7 Å². The van der Waals surface area contributed by atoms with Gasteiger partial charge in [-0.1, -0.05) is 66.3 Å². The van der Waals surface area contributed by atoms with Crippen molar-refractivity contribution in [2.75, 3.05) is 0 Å². The number of carbonyl (C=O) groups excluding carboxylic acids is 3. The summed E-state index contributed by atoms with van der Waals surface area (Å²) in [5, 5.41) is 0. The zero-order valence-electron chi connectivity index (χ0n) is 33.4. The highest BCUT2D eigenvalue weighted by Crippen LogP contribution is 2.59. The number of esters is 3. The first-order valence-electron chi connectivity index (χ1n) is 19.6. The highest BCUT2D eigenvalue weighted by Gasteiger charge is 2.57. The van der Waals surface area contributed by atoms with E-state index in [9.17, 15) is 14.4 Å². The fourth-order valence-electron chi connectivity index (χ4n) is 9.11. The molecule has 4 atom stereocenters. The summed E-state index contributed by atoms with van der Waals surface area (Å²) in [5.41, 5.74) is 0.229. The van der Waals surface area contributed by atoms with E-state index < -0.39 is 0 Å². The minimum Gasteiger partial charge on any atom is -0.460 e. The number of hydrogen-bond donors (Lipinski definition) is 0. The summed E-state index contributed by atoms with van der Waals surface area (Å²) in [4.78, 5) is 35.1. The molecule has 7 aliphatic rings. The van der Waals surface area contributed by atoms with Crippen LogP contribution in [-0.2, 0) is 28.6 Å². The molecule has 0 aromatic carbocycles. The van der Waals surface area contributed by atoms with Crippen LogP contribution in [0.25, 0.3) is 0 Å². The lowest BCUT2D eigenvalue weighted by molar-refractivity contribution is -0.199. The summed E-state index contributed by atoms with van der Waals surface area (Å²) in [6.07, 6.45) is 17.7. The summed E-state index contributed by atoms with van der Waals surface area (Å²) in [6.45, 7) is 30.8. The van der Waals surface area contributed by atoms with E-state index in [1.807, 2.05) is 55.4 Å². The molecule has 0 saturated heterocycles. The molecular weight excluding hydrogens is 612 g/mol. The molecule has 6 bridgehead atoms. The second kappa shape index (κ2) is 18.2. The van der Waals surface area contributed by atoms with Crippen LogP contribution in [0.2, 0.25) is 0 Å². The van der Waals surface area contributed by atoms with Crippen LogP contribution in [0.3, 0.4) is 0 Å². The van der Waals surface area contributed by atoms with Gasteiger partial charge in [-0.05, 0) is 154 Å². The summed E-state index contributed by atoms with van der Waals surface area (Å²) < 4.78 is 16.7. The largest absolute Gasteiger partial charge is 0.460 e. The van der Waals surface area contributed by atoms with Gasteiger partial charge < -0.3 is 14.2 Å². The SMILES string of the molecule is C=C(C)C(=O)OC1(C)C2CC3CC(C2)CC1C3.C=C(C)C(=O)OC1(C)CCCCC1.CC.CC.CC1C2C=CC(C2)C1C(=O)OC(C)(C)C. The molecule has 0 aromatic rings. The van der Waals surface area contributed by atoms with Crippen molar-refractivity contribution in [3.8, 4) is 0 Å². The molecular formula is C43H72O6. The summed E-state index contributed by atoms with van der Waals surface area (Å²) in [6, 6.07) is 0. The Morgan fingerprint density at radius 3 is 1.55 bits per heavy atom. The highest BCUT2D eigenvalue weighted by molar-refractivity contribution is 5.87. The normalized spacial score (nSPS) is 33.8. The van der Waals surface area contributed by atoms with Gasteiger partial charge in [0, 0.05) is 11.1 Å². The summed E-state index contributed by atoms with van der Waals surface area (Å²) in [5.74, 6) is 4.16. The van der Waals surface area contributed by atoms with Crippen LogP contribution in [0.5, 0.6) is 0 Å². The molecule has 49 heavy (non-hydrogen) atoms. The average Bonchev–Trinajstić information content (AvgIpc) is 3.63. The van der Waals surface area contributed by atoms with Crippen molar-refractivity contribution in [3.63, 3.8) is 0 Å². The number of carbonyl (C=O) groups is 3. The van der Waals surface area contributed by atoms with E-state index in [-0.39, 0.29) is 40.6 Å². The maximum absolute atomic E-state index is 12.0. The molecule has 0 aromatic heterocycles. The van der Waals surface area contributed by atoms with Crippen molar-refractivity contribution in [2.24, 2.45) is 47.3 Å². The van der Waals surface area contributed by atoms with Gasteiger partial charge in [0.1, 0.15) is 16.8 Å². The van der Waals surface area contributed by atoms with Gasteiger partial charge >= 0.3 is 17.9 Å². The van der Waals surface area contributed by atoms with Gasteiger partial charge in [0.2, 0.25) is 0 Å². The number of allylic oxidation sites excluding steroid dienone is 2. The van der Waals surface area contributed by atoms with Gasteiger partial charge in [-0.2, -0.15) is 0 Å². The Hall–Kier alpha value is -2.37. The zero-order chi connectivity index (χ0) is 37.3. The highest BCUT2D eigenvalue weighted by atomic mass is 16.6. The Morgan fingerprint density at radius 2 is 1.14 bits per heavy atom. The standard InChI is InChI=1S/C15H22O2.C13H20O2.C11H18O2.2C2H6/c1-9(2)14(16)17-15(3)12-5-10-4-11(7-12)8-13(15)6-10;1-8-9-5-6-10(7-9)11(8)12(14)15-13(2,3)4;1-9(2)10(12)13-11(3)7-5-4-6-8-11;2*1-2/h10-13H,1,4-8H2,2-3H3;5-6,8-11H,7H2,1-4H3;1,4-8H2,2-3H3;2*1-2H3. The molecule has 6 fully saturated rings. The molecule has 0 aliphatic heterocycles. The number of rotatable bonds is 5. The van der Waals surface area contributed by atoms with Crippen LogP contribution in [0.4, 0.5) is 0 Å². The van der Waals surface area contributed by atoms with Gasteiger partial charge in [-0.25, -0.2) is 9.59 Å². The molecule has 280 valence electrons. The molecule has 7 aliphatic carbocycles. The van der Waals surface area contributed by atoms with E-state index in [4.69, 9.17) is 14.2 Å². The lowest BCUT2D eigenvalue weighted by atomic mass is 9.50. The predicted octanol–water partition coefficient (Wildman–Crippen LogP) is 11.0. The lowest BCUT2D eigenvalue weighted by Crippen LogP contribution is -2.58. The monoisotopic (exact) mass is 685 g/mol. The Balaban J connectivity index is 0.000000245. The van der Waals surface area contributed by atoms with E-state index in [0.29, 0.717) is 40.7 Å². The van der Waals surface area contributed by atoms with Gasteiger partial charge in [-0.15, -0.1) is 0 Å². The van der Waals surface area contributed by atoms with Crippen molar-refractivity contribution in [1.29, 1.82) is 0 Å². The third-order valence-electron chi connectivity index (χ3n) is 11.6. The van der Waals surface area contributed by atoms with E-state index in [1.54, 1.807) is 13.8 Å². The van der Waals surface area contributed by atoms with Crippen molar-refractivity contribution in [1.82, 2.24) is 0 Å². The first-order valence-corrected chi connectivity index (χ1v) is 19.6. The topological polar surface area (TPSA) is 78.9 Å². The molecule has 6 saturated carbocycles. The second-order valence-electron chi connectivity index (χ2n) is 16.7. The van der Waals surface area contributed by atoms with Gasteiger partial charge in [0.25, 0.3) is 0 Å². The first kappa shape index (κ1) is 42.8. The van der Waals surface area contributed by atoms with E-state index in [2.05, 4.69) is 39.2 Å². The Kier molecular flexibility index (Phi) is 15.9. The van der Waals surface area contributed by atoms with E-state index in [0.717, 1.165) is 31.1 Å². The van der Waals surface area contributed by atoms with Gasteiger partial charge in [0.05, 0.1) is 5.92 Å². The maximum atomic E-state index is 12.0. The molecule has 0 spiro atoms. The zero-order valence-corrected chi connectivity index (χ0v) is 33.4. The van der Waals surface area contributed by atoms with Crippen LogP contribution >= 0.6 is 0 Å². The minimum absolute atomic E-state index is 0.00755. The molecule has 0 radical (unpaired) electrons. The average molecular weight is 685 g/mol. The van der Waals surface area contributed by atoms with Gasteiger partial charge in [-0.3, -0.25) is 4.79 Å². The minimum atomic E-state index is -0.359. The molecule has 6 nitrogen and oxygen atoms in total. The summed E-state index contributed by atoms with van der Waals surface area (Å²) >= 11 is 0.